The van der Waals surface area contributed by atoms with E-state index >= 15 is 0 Å². The van der Waals surface area contributed by atoms with Crippen LogP contribution in [-0.4, -0.2) is 73.1 Å². The molecule has 2 aromatic rings. The normalized spacial score (nSPS) is 19.0. The van der Waals surface area contributed by atoms with E-state index in [0.29, 0.717) is 37.7 Å². The molecule has 0 aliphatic carbocycles. The topological polar surface area (TPSA) is 105 Å². The van der Waals surface area contributed by atoms with Crippen LogP contribution in [0.15, 0.2) is 24.4 Å². The van der Waals surface area contributed by atoms with Crippen molar-refractivity contribution in [2.75, 3.05) is 45.0 Å². The largest absolute Gasteiger partial charge is 0.465 e. The number of amides is 1. The zero-order chi connectivity index (χ0) is 26.1. The number of rotatable bonds is 12. The number of esters is 1. The Hall–Kier alpha value is -3.26. The van der Waals surface area contributed by atoms with Gasteiger partial charge in [0, 0.05) is 30.1 Å². The van der Waals surface area contributed by atoms with Gasteiger partial charge in [0.2, 0.25) is 5.91 Å². The summed E-state index contributed by atoms with van der Waals surface area (Å²) < 4.78 is 23.0. The lowest BCUT2D eigenvalue weighted by molar-refractivity contribution is -0.117. The molecule has 10 heteroatoms. The Labute approximate surface area is 211 Å². The SMILES string of the molecule is C#CCOCCOCCOCc1cn(C2c3cc(C(=O)OC)ccc3N(C(C)=O)[C@@H](CC)[C@H]2C)nn1. The van der Waals surface area contributed by atoms with Gasteiger partial charge in [-0.05, 0) is 24.6 Å². The van der Waals surface area contributed by atoms with Crippen molar-refractivity contribution >= 4 is 17.6 Å². The number of nitrogens with zero attached hydrogens (tertiary/aromatic N) is 4. The Morgan fingerprint density at radius 2 is 1.86 bits per heavy atom. The maximum Gasteiger partial charge on any atom is 0.337 e. The molecule has 1 unspecified atom stereocenters. The highest BCUT2D eigenvalue weighted by Gasteiger charge is 2.41. The van der Waals surface area contributed by atoms with Crippen molar-refractivity contribution in [2.24, 2.45) is 5.92 Å². The van der Waals surface area contributed by atoms with Gasteiger partial charge in [-0.25, -0.2) is 9.48 Å². The molecule has 1 aromatic carbocycles. The zero-order valence-corrected chi connectivity index (χ0v) is 21.3. The van der Waals surface area contributed by atoms with E-state index in [1.54, 1.807) is 23.7 Å². The fourth-order valence-electron chi connectivity index (χ4n) is 4.67. The molecule has 36 heavy (non-hydrogen) atoms. The summed E-state index contributed by atoms with van der Waals surface area (Å²) in [4.78, 5) is 26.7. The third-order valence-corrected chi connectivity index (χ3v) is 6.24. The molecule has 3 atom stereocenters. The summed E-state index contributed by atoms with van der Waals surface area (Å²) in [6.07, 6.45) is 7.74. The Morgan fingerprint density at radius 1 is 1.14 bits per heavy atom. The number of fused-ring (bicyclic) bond motifs is 1. The molecule has 0 saturated heterocycles. The van der Waals surface area contributed by atoms with E-state index in [1.807, 2.05) is 17.2 Å². The van der Waals surface area contributed by atoms with Gasteiger partial charge in [0.15, 0.2) is 0 Å². The number of anilines is 1. The Bertz CT molecular complexity index is 1080. The minimum absolute atomic E-state index is 0.0138. The van der Waals surface area contributed by atoms with Crippen molar-refractivity contribution < 1.29 is 28.5 Å². The zero-order valence-electron chi connectivity index (χ0n) is 21.3. The van der Waals surface area contributed by atoms with Crippen LogP contribution >= 0.6 is 0 Å². The summed E-state index contributed by atoms with van der Waals surface area (Å²) in [6.45, 7) is 7.98. The molecular weight excluding hydrogens is 464 g/mol. The molecule has 10 nitrogen and oxygen atoms in total. The van der Waals surface area contributed by atoms with Crippen LogP contribution in [-0.2, 0) is 30.3 Å². The summed E-state index contributed by atoms with van der Waals surface area (Å²) in [6, 6.07) is 5.02. The van der Waals surface area contributed by atoms with Crippen molar-refractivity contribution in [3.8, 4) is 12.3 Å². The lowest BCUT2D eigenvalue weighted by Crippen LogP contribution is -2.49. The lowest BCUT2D eigenvalue weighted by Gasteiger charge is -2.44. The number of methoxy groups -OCH3 is 1. The van der Waals surface area contributed by atoms with Crippen LogP contribution in [0.25, 0.3) is 0 Å². The number of carbonyl (C=O) groups is 2. The van der Waals surface area contributed by atoms with E-state index in [9.17, 15) is 9.59 Å². The van der Waals surface area contributed by atoms with E-state index in [1.165, 1.54) is 7.11 Å². The molecule has 194 valence electrons. The maximum atomic E-state index is 12.6. The molecule has 1 aromatic heterocycles. The summed E-state index contributed by atoms with van der Waals surface area (Å²) in [5.41, 5.74) is 2.68. The van der Waals surface area contributed by atoms with Gasteiger partial charge >= 0.3 is 5.97 Å². The fourth-order valence-corrected chi connectivity index (χ4v) is 4.67. The van der Waals surface area contributed by atoms with Crippen LogP contribution in [0.2, 0.25) is 0 Å². The predicted octanol–water partition coefficient (Wildman–Crippen LogP) is 2.62. The maximum absolute atomic E-state index is 12.6. The third-order valence-electron chi connectivity index (χ3n) is 6.24. The summed E-state index contributed by atoms with van der Waals surface area (Å²) in [5.74, 6) is 1.93. The average molecular weight is 499 g/mol. The molecule has 0 bridgehead atoms. The average Bonchev–Trinajstić information content (AvgIpc) is 3.34. The summed E-state index contributed by atoms with van der Waals surface area (Å²) >= 11 is 0. The quantitative estimate of drug-likeness (QED) is 0.250. The Balaban J connectivity index is 1.75. The summed E-state index contributed by atoms with van der Waals surface area (Å²) in [7, 11) is 1.35. The number of ether oxygens (including phenoxy) is 4. The van der Waals surface area contributed by atoms with Crippen molar-refractivity contribution in [1.29, 1.82) is 0 Å². The first-order valence-corrected chi connectivity index (χ1v) is 12.0. The Kier molecular flexibility index (Phi) is 9.99. The molecule has 1 aliphatic rings. The van der Waals surface area contributed by atoms with Crippen LogP contribution in [0.4, 0.5) is 5.69 Å². The molecule has 0 radical (unpaired) electrons. The minimum atomic E-state index is -0.436. The molecule has 1 aliphatic heterocycles. The molecular formula is C26H34N4O6. The molecule has 1 amide bonds. The van der Waals surface area contributed by atoms with E-state index in [2.05, 4.69) is 30.1 Å². The van der Waals surface area contributed by atoms with E-state index in [4.69, 9.17) is 25.4 Å². The van der Waals surface area contributed by atoms with Crippen LogP contribution in [0.3, 0.4) is 0 Å². The second kappa shape index (κ2) is 13.2. The van der Waals surface area contributed by atoms with Gasteiger partial charge in [0.25, 0.3) is 0 Å². The third kappa shape index (κ3) is 6.29. The fraction of sp³-hybridized carbons (Fsp3) is 0.538. The monoisotopic (exact) mass is 498 g/mol. The van der Waals surface area contributed by atoms with Crippen molar-refractivity contribution in [1.82, 2.24) is 15.0 Å². The summed E-state index contributed by atoms with van der Waals surface area (Å²) in [5, 5.41) is 8.66. The predicted molar refractivity (Wildman–Crippen MR) is 132 cm³/mol. The number of benzene rings is 1. The van der Waals surface area contributed by atoms with Gasteiger partial charge in [-0.1, -0.05) is 25.0 Å². The van der Waals surface area contributed by atoms with Crippen molar-refractivity contribution in [3.05, 3.63) is 41.2 Å². The smallest absolute Gasteiger partial charge is 0.337 e. The van der Waals surface area contributed by atoms with Gasteiger partial charge in [-0.15, -0.1) is 11.5 Å². The van der Waals surface area contributed by atoms with Gasteiger partial charge in [-0.3, -0.25) is 4.79 Å². The highest BCUT2D eigenvalue weighted by Crippen LogP contribution is 2.44. The lowest BCUT2D eigenvalue weighted by atomic mass is 9.80. The van der Waals surface area contributed by atoms with Crippen molar-refractivity contribution in [3.63, 3.8) is 0 Å². The highest BCUT2D eigenvalue weighted by molar-refractivity contribution is 5.96. The molecule has 0 spiro atoms. The van der Waals surface area contributed by atoms with Gasteiger partial charge in [0.1, 0.15) is 12.3 Å². The van der Waals surface area contributed by atoms with E-state index < -0.39 is 5.97 Å². The number of carbonyl (C=O) groups excluding carboxylic acids is 2. The second-order valence-electron chi connectivity index (χ2n) is 8.55. The van der Waals surface area contributed by atoms with E-state index in [-0.39, 0.29) is 37.1 Å². The highest BCUT2D eigenvalue weighted by atomic mass is 16.5. The molecule has 0 N–H and O–H groups in total. The first-order chi connectivity index (χ1) is 17.4. The number of hydrogen-bond donors (Lipinski definition) is 0. The van der Waals surface area contributed by atoms with E-state index in [0.717, 1.165) is 17.7 Å². The first-order valence-electron chi connectivity index (χ1n) is 12.0. The van der Waals surface area contributed by atoms with Crippen molar-refractivity contribution in [2.45, 2.75) is 45.9 Å². The number of hydrogen-bond acceptors (Lipinski definition) is 8. The second-order valence-corrected chi connectivity index (χ2v) is 8.55. The minimum Gasteiger partial charge on any atom is -0.465 e. The van der Waals surface area contributed by atoms with Crippen LogP contribution in [0.5, 0.6) is 0 Å². The molecule has 3 rings (SSSR count). The number of terminal acetylenes is 1. The Morgan fingerprint density at radius 3 is 2.53 bits per heavy atom. The number of aromatic nitrogens is 3. The van der Waals surface area contributed by atoms with Crippen LogP contribution < -0.4 is 4.90 Å². The molecule has 2 heterocycles. The van der Waals surface area contributed by atoms with Crippen LogP contribution in [0, 0.1) is 18.3 Å². The van der Waals surface area contributed by atoms with Gasteiger partial charge in [-0.2, -0.15) is 0 Å². The van der Waals surface area contributed by atoms with Gasteiger partial charge in [0.05, 0.1) is 57.9 Å². The standard InChI is InChI=1S/C26H34N4O6/c1-6-10-34-11-12-35-13-14-36-17-21-16-29(28-27-21)25-18(3)23(7-2)30(19(4)31)24-9-8-20(15-22(24)25)26(32)33-5/h1,8-9,15-16,18,23,25H,7,10-14,17H2,2-5H3/t18-,23+,25?/m1/s1. The molecule has 0 fully saturated rings. The first kappa shape index (κ1) is 27.3. The molecule has 0 saturated carbocycles. The van der Waals surface area contributed by atoms with Crippen LogP contribution in [0.1, 0.15) is 54.8 Å². The van der Waals surface area contributed by atoms with Gasteiger partial charge < -0.3 is 23.8 Å².